The zero-order valence-corrected chi connectivity index (χ0v) is 11.4. The number of ketones is 1. The van der Waals surface area contributed by atoms with E-state index < -0.39 is 5.54 Å². The normalized spacial score (nSPS) is 12.6. The molecule has 1 amide bonds. The average molecular weight is 229 g/mol. The van der Waals surface area contributed by atoms with Crippen LogP contribution in [0, 0.1) is 0 Å². The van der Waals surface area contributed by atoms with Gasteiger partial charge in [-0.15, -0.1) is 0 Å². The molecule has 0 heterocycles. The van der Waals surface area contributed by atoms with Crippen molar-refractivity contribution >= 4 is 11.7 Å². The Labute approximate surface area is 98.6 Å². The van der Waals surface area contributed by atoms with Crippen molar-refractivity contribution in [3.8, 4) is 0 Å². The number of amides is 1. The highest BCUT2D eigenvalue weighted by Gasteiger charge is 2.24. The molecule has 0 unspecified atom stereocenters. The molecule has 94 valence electrons. The van der Waals surface area contributed by atoms with Gasteiger partial charge in [-0.3, -0.25) is 9.28 Å². The molecule has 0 radical (unpaired) electrons. The quantitative estimate of drug-likeness (QED) is 0.545. The second kappa shape index (κ2) is 5.55. The first-order chi connectivity index (χ1) is 7.09. The lowest BCUT2D eigenvalue weighted by Gasteiger charge is -2.27. The number of hydrogen-bond donors (Lipinski definition) is 1. The van der Waals surface area contributed by atoms with Crippen LogP contribution in [0.4, 0.5) is 0 Å². The molecule has 0 bridgehead atoms. The Hall–Kier alpha value is -0.740. The molecule has 0 fully saturated rings. The van der Waals surface area contributed by atoms with E-state index in [2.05, 4.69) is 5.32 Å². The molecule has 0 saturated heterocycles. The van der Waals surface area contributed by atoms with Gasteiger partial charge >= 0.3 is 5.91 Å². The van der Waals surface area contributed by atoms with E-state index in [1.54, 1.807) is 13.8 Å². The SMILES string of the molecule is CC(=O)C(C)(C)NCCC[N+](C)(C)C(C)=O. The third-order valence-corrected chi connectivity index (χ3v) is 3.19. The fraction of sp³-hybridized carbons (Fsp3) is 0.833. The van der Waals surface area contributed by atoms with Gasteiger partial charge in [0, 0.05) is 13.0 Å². The summed E-state index contributed by atoms with van der Waals surface area (Å²) in [6, 6.07) is 0. The van der Waals surface area contributed by atoms with Crippen LogP contribution in [-0.4, -0.2) is 48.9 Å². The lowest BCUT2D eigenvalue weighted by molar-refractivity contribution is -0.813. The maximum Gasteiger partial charge on any atom is 0.310 e. The van der Waals surface area contributed by atoms with Gasteiger partial charge < -0.3 is 5.32 Å². The second-order valence-corrected chi connectivity index (χ2v) is 5.39. The largest absolute Gasteiger partial charge is 0.310 e. The number of hydrogen-bond acceptors (Lipinski definition) is 3. The van der Waals surface area contributed by atoms with E-state index in [1.807, 2.05) is 27.9 Å². The smallest absolute Gasteiger partial charge is 0.305 e. The van der Waals surface area contributed by atoms with E-state index in [9.17, 15) is 9.59 Å². The van der Waals surface area contributed by atoms with Crippen molar-refractivity contribution < 1.29 is 14.1 Å². The van der Waals surface area contributed by atoms with Crippen LogP contribution in [0.3, 0.4) is 0 Å². The number of Topliss-reactive ketones (excluding diaryl/α,β-unsaturated/α-hetero) is 1. The minimum Gasteiger partial charge on any atom is -0.305 e. The van der Waals surface area contributed by atoms with Gasteiger partial charge in [0.25, 0.3) is 0 Å². The lowest BCUT2D eigenvalue weighted by Crippen LogP contribution is -2.48. The molecule has 0 rings (SSSR count). The number of carbonyl (C=O) groups is 2. The summed E-state index contributed by atoms with van der Waals surface area (Å²) >= 11 is 0. The van der Waals surface area contributed by atoms with Gasteiger partial charge in [0.1, 0.15) is 5.78 Å². The molecule has 0 aromatic carbocycles. The molecule has 4 heteroatoms. The van der Waals surface area contributed by atoms with Crippen LogP contribution in [0.1, 0.15) is 34.1 Å². The lowest BCUT2D eigenvalue weighted by atomic mass is 10.0. The number of nitrogens with one attached hydrogen (secondary N) is 1. The van der Waals surface area contributed by atoms with Crippen LogP contribution in [-0.2, 0) is 9.59 Å². The van der Waals surface area contributed by atoms with Gasteiger partial charge in [-0.05, 0) is 20.8 Å². The molecule has 16 heavy (non-hydrogen) atoms. The van der Waals surface area contributed by atoms with Crippen LogP contribution in [0.5, 0.6) is 0 Å². The van der Waals surface area contributed by atoms with Gasteiger partial charge in [-0.2, -0.15) is 0 Å². The minimum atomic E-state index is -0.465. The highest BCUT2D eigenvalue weighted by atomic mass is 16.2. The Balaban J connectivity index is 3.94. The Bertz CT molecular complexity index is 242. The standard InChI is InChI=1S/C12H25N2O2/c1-10(15)12(3,4)13-8-7-9-14(5,6)11(2)16/h13H,7-9H2,1-6H3/q+1. The van der Waals surface area contributed by atoms with E-state index in [-0.39, 0.29) is 11.7 Å². The summed E-state index contributed by atoms with van der Waals surface area (Å²) in [6.07, 6.45) is 0.878. The molecular formula is C12H25N2O2+. The van der Waals surface area contributed by atoms with Crippen molar-refractivity contribution in [2.45, 2.75) is 39.7 Å². The number of carbonyl (C=O) groups excluding carboxylic acids is 2. The summed E-state index contributed by atoms with van der Waals surface area (Å²) in [5.74, 6) is 0.290. The van der Waals surface area contributed by atoms with Crippen molar-refractivity contribution in [2.24, 2.45) is 0 Å². The third-order valence-electron chi connectivity index (χ3n) is 3.19. The molecule has 0 aliphatic rings. The molecule has 0 aromatic heterocycles. The van der Waals surface area contributed by atoms with E-state index in [1.165, 1.54) is 0 Å². The topological polar surface area (TPSA) is 46.2 Å². The number of quaternary nitrogens is 1. The monoisotopic (exact) mass is 229 g/mol. The summed E-state index contributed by atoms with van der Waals surface area (Å²) in [7, 11) is 3.80. The van der Waals surface area contributed by atoms with Crippen molar-refractivity contribution in [1.29, 1.82) is 0 Å². The molecule has 1 N–H and O–H groups in total. The van der Waals surface area contributed by atoms with E-state index in [0.717, 1.165) is 19.5 Å². The third kappa shape index (κ3) is 4.86. The fourth-order valence-electron chi connectivity index (χ4n) is 1.16. The predicted octanol–water partition coefficient (Wildman–Crippen LogP) is 0.957. The second-order valence-electron chi connectivity index (χ2n) is 5.39. The molecule has 0 aliphatic carbocycles. The van der Waals surface area contributed by atoms with E-state index >= 15 is 0 Å². The van der Waals surface area contributed by atoms with Gasteiger partial charge in [0.15, 0.2) is 0 Å². The number of rotatable bonds is 6. The molecule has 0 saturated carbocycles. The summed E-state index contributed by atoms with van der Waals surface area (Å²) in [5.41, 5.74) is -0.465. The highest BCUT2D eigenvalue weighted by Crippen LogP contribution is 2.04. The summed E-state index contributed by atoms with van der Waals surface area (Å²) in [6.45, 7) is 8.48. The van der Waals surface area contributed by atoms with Crippen molar-refractivity contribution in [2.75, 3.05) is 27.2 Å². The number of nitrogens with zero attached hydrogens (tertiary/aromatic N) is 1. The van der Waals surface area contributed by atoms with Crippen LogP contribution in [0.2, 0.25) is 0 Å². The Kier molecular flexibility index (Phi) is 5.29. The maximum atomic E-state index is 11.3. The first-order valence-corrected chi connectivity index (χ1v) is 5.70. The van der Waals surface area contributed by atoms with Gasteiger partial charge in [0.05, 0.1) is 33.1 Å². The molecule has 0 atom stereocenters. The molecule has 0 spiro atoms. The highest BCUT2D eigenvalue weighted by molar-refractivity contribution is 5.85. The Morgan fingerprint density at radius 1 is 1.19 bits per heavy atom. The first-order valence-electron chi connectivity index (χ1n) is 5.70. The maximum absolute atomic E-state index is 11.3. The van der Waals surface area contributed by atoms with Crippen molar-refractivity contribution in [1.82, 2.24) is 5.32 Å². The average Bonchev–Trinajstić information content (AvgIpc) is 2.12. The molecule has 4 nitrogen and oxygen atoms in total. The van der Waals surface area contributed by atoms with Crippen molar-refractivity contribution in [3.63, 3.8) is 0 Å². The summed E-state index contributed by atoms with van der Waals surface area (Å²) < 4.78 is 0.391. The summed E-state index contributed by atoms with van der Waals surface area (Å²) in [4.78, 5) is 22.5. The molecule has 0 aromatic rings. The van der Waals surface area contributed by atoms with Gasteiger partial charge in [-0.25, -0.2) is 4.79 Å². The van der Waals surface area contributed by atoms with Crippen LogP contribution in [0.15, 0.2) is 0 Å². The van der Waals surface area contributed by atoms with Crippen molar-refractivity contribution in [3.05, 3.63) is 0 Å². The van der Waals surface area contributed by atoms with Crippen LogP contribution < -0.4 is 5.32 Å². The molecule has 0 aliphatic heterocycles. The Morgan fingerprint density at radius 2 is 1.69 bits per heavy atom. The first kappa shape index (κ1) is 15.3. The van der Waals surface area contributed by atoms with Crippen LogP contribution in [0.25, 0.3) is 0 Å². The zero-order chi connectivity index (χ0) is 13.0. The minimum absolute atomic E-state index is 0.132. The summed E-state index contributed by atoms with van der Waals surface area (Å²) in [5, 5.41) is 3.20. The fourth-order valence-corrected chi connectivity index (χ4v) is 1.16. The molecular weight excluding hydrogens is 204 g/mol. The van der Waals surface area contributed by atoms with Gasteiger partial charge in [-0.1, -0.05) is 0 Å². The van der Waals surface area contributed by atoms with Gasteiger partial charge in [0.2, 0.25) is 0 Å². The van der Waals surface area contributed by atoms with Crippen LogP contribution >= 0.6 is 0 Å². The Morgan fingerprint density at radius 3 is 2.06 bits per heavy atom. The van der Waals surface area contributed by atoms with E-state index in [0.29, 0.717) is 4.48 Å². The zero-order valence-electron chi connectivity index (χ0n) is 11.4. The van der Waals surface area contributed by atoms with E-state index in [4.69, 9.17) is 0 Å². The predicted molar refractivity (Wildman–Crippen MR) is 65.0 cm³/mol.